The summed E-state index contributed by atoms with van der Waals surface area (Å²) in [7, 11) is 0. The number of aryl methyl sites for hydroxylation is 1. The van der Waals surface area contributed by atoms with E-state index in [0.29, 0.717) is 55.0 Å². The summed E-state index contributed by atoms with van der Waals surface area (Å²) in [4.78, 5) is 42.7. The molecule has 2 aliphatic rings. The van der Waals surface area contributed by atoms with Crippen molar-refractivity contribution in [2.24, 2.45) is 0 Å². The fourth-order valence-electron chi connectivity index (χ4n) is 4.48. The highest BCUT2D eigenvalue weighted by atomic mass is 16.6. The highest BCUT2D eigenvalue weighted by molar-refractivity contribution is 6.04. The number of para-hydroxylation sites is 2. The molecule has 35 heavy (non-hydrogen) atoms. The molecule has 2 aliphatic heterocycles. The van der Waals surface area contributed by atoms with E-state index in [4.69, 9.17) is 9.47 Å². The normalized spacial score (nSPS) is 17.5. The van der Waals surface area contributed by atoms with Gasteiger partial charge in [0.25, 0.3) is 17.4 Å². The first-order valence-corrected chi connectivity index (χ1v) is 12.0. The second-order valence-corrected chi connectivity index (χ2v) is 8.76. The zero-order valence-corrected chi connectivity index (χ0v) is 19.7. The Balaban J connectivity index is 1.29. The Morgan fingerprint density at radius 2 is 1.60 bits per heavy atom. The van der Waals surface area contributed by atoms with Crippen molar-refractivity contribution in [3.63, 3.8) is 0 Å². The van der Waals surface area contributed by atoms with E-state index >= 15 is 0 Å². The summed E-state index contributed by atoms with van der Waals surface area (Å²) in [5.74, 6) is 0.807. The van der Waals surface area contributed by atoms with Crippen LogP contribution in [0.2, 0.25) is 0 Å². The summed E-state index contributed by atoms with van der Waals surface area (Å²) in [6.45, 7) is 4.19. The fourth-order valence-corrected chi connectivity index (χ4v) is 4.48. The van der Waals surface area contributed by atoms with Crippen molar-refractivity contribution in [1.82, 2.24) is 19.6 Å². The van der Waals surface area contributed by atoms with Gasteiger partial charge in [0.2, 0.25) is 6.10 Å². The molecule has 9 nitrogen and oxygen atoms in total. The number of ether oxygens (including phenoxy) is 2. The lowest BCUT2D eigenvalue weighted by atomic mass is 10.1. The minimum atomic E-state index is -0.708. The zero-order valence-electron chi connectivity index (χ0n) is 19.7. The molecule has 1 fully saturated rings. The Bertz CT molecular complexity index is 1310. The molecule has 5 rings (SSSR count). The van der Waals surface area contributed by atoms with Crippen LogP contribution >= 0.6 is 0 Å². The first-order valence-electron chi connectivity index (χ1n) is 12.0. The van der Waals surface area contributed by atoms with Gasteiger partial charge >= 0.3 is 0 Å². The standard InChI is InChI=1S/C26H28N4O5/c1-2-3-12-30-24(31)19-9-5-4-8-18(19)23(27-30)26(33)29-15-13-28(14-16-29)25(32)22-17-34-20-10-6-7-11-21(20)35-22/h4-11,22H,2-3,12-17H2,1H3/t22-/m0/s1. The number of nitrogens with zero attached hydrogens (tertiary/aromatic N) is 4. The average molecular weight is 477 g/mol. The third-order valence-electron chi connectivity index (χ3n) is 6.46. The van der Waals surface area contributed by atoms with Crippen LogP contribution in [0.15, 0.2) is 53.3 Å². The van der Waals surface area contributed by atoms with Gasteiger partial charge in [0.15, 0.2) is 17.2 Å². The Hall–Kier alpha value is -3.88. The van der Waals surface area contributed by atoms with Gasteiger partial charge in [0.1, 0.15) is 6.61 Å². The van der Waals surface area contributed by atoms with Crippen molar-refractivity contribution < 1.29 is 19.1 Å². The Morgan fingerprint density at radius 1 is 0.943 bits per heavy atom. The molecule has 9 heteroatoms. The second kappa shape index (κ2) is 9.77. The van der Waals surface area contributed by atoms with E-state index in [1.807, 2.05) is 25.1 Å². The first-order chi connectivity index (χ1) is 17.1. The Labute approximate surface area is 202 Å². The van der Waals surface area contributed by atoms with Crippen molar-refractivity contribution in [3.8, 4) is 11.5 Å². The predicted molar refractivity (Wildman–Crippen MR) is 130 cm³/mol. The third-order valence-corrected chi connectivity index (χ3v) is 6.46. The van der Waals surface area contributed by atoms with Crippen LogP contribution in [0.5, 0.6) is 11.5 Å². The van der Waals surface area contributed by atoms with E-state index in [1.54, 1.807) is 40.1 Å². The van der Waals surface area contributed by atoms with Crippen molar-refractivity contribution in [1.29, 1.82) is 0 Å². The third kappa shape index (κ3) is 4.45. The van der Waals surface area contributed by atoms with Gasteiger partial charge < -0.3 is 19.3 Å². The van der Waals surface area contributed by atoms with Crippen LogP contribution in [0.1, 0.15) is 30.3 Å². The number of fused-ring (bicyclic) bond motifs is 2. The van der Waals surface area contributed by atoms with E-state index in [9.17, 15) is 14.4 Å². The molecule has 1 saturated heterocycles. The van der Waals surface area contributed by atoms with Gasteiger partial charge in [-0.15, -0.1) is 0 Å². The number of carbonyl (C=O) groups excluding carboxylic acids is 2. The summed E-state index contributed by atoms with van der Waals surface area (Å²) in [5, 5.41) is 5.50. The number of hydrogen-bond donors (Lipinski definition) is 0. The van der Waals surface area contributed by atoms with E-state index in [0.717, 1.165) is 12.8 Å². The molecule has 1 atom stereocenters. The molecule has 2 amide bonds. The van der Waals surface area contributed by atoms with Crippen molar-refractivity contribution in [2.45, 2.75) is 32.4 Å². The summed E-state index contributed by atoms with van der Waals surface area (Å²) >= 11 is 0. The molecule has 0 saturated carbocycles. The van der Waals surface area contributed by atoms with Gasteiger partial charge in [-0.2, -0.15) is 5.10 Å². The van der Waals surface area contributed by atoms with E-state index < -0.39 is 6.10 Å². The molecule has 2 aromatic carbocycles. The molecular weight excluding hydrogens is 448 g/mol. The van der Waals surface area contributed by atoms with Crippen LogP contribution in [0.4, 0.5) is 0 Å². The molecule has 3 aromatic rings. The number of piperazine rings is 1. The first kappa shape index (κ1) is 22.9. The van der Waals surface area contributed by atoms with E-state index in [-0.39, 0.29) is 29.7 Å². The molecule has 0 spiro atoms. The van der Waals surface area contributed by atoms with Gasteiger partial charge in [-0.25, -0.2) is 4.68 Å². The van der Waals surface area contributed by atoms with Crippen LogP contribution in [-0.4, -0.2) is 70.3 Å². The van der Waals surface area contributed by atoms with Gasteiger partial charge in [-0.1, -0.05) is 43.7 Å². The highest BCUT2D eigenvalue weighted by Crippen LogP contribution is 2.31. The molecule has 0 unspecified atom stereocenters. The van der Waals surface area contributed by atoms with Crippen LogP contribution in [-0.2, 0) is 11.3 Å². The minimum absolute atomic E-state index is 0.150. The molecule has 0 aliphatic carbocycles. The number of aromatic nitrogens is 2. The highest BCUT2D eigenvalue weighted by Gasteiger charge is 2.34. The average Bonchev–Trinajstić information content (AvgIpc) is 2.92. The van der Waals surface area contributed by atoms with E-state index in [1.165, 1.54) is 4.68 Å². The quantitative estimate of drug-likeness (QED) is 0.561. The van der Waals surface area contributed by atoms with Crippen LogP contribution in [0, 0.1) is 0 Å². The van der Waals surface area contributed by atoms with Crippen molar-refractivity contribution in [3.05, 3.63) is 64.6 Å². The molecule has 0 radical (unpaired) electrons. The smallest absolute Gasteiger partial charge is 0.275 e. The second-order valence-electron chi connectivity index (χ2n) is 8.76. The summed E-state index contributed by atoms with van der Waals surface area (Å²) in [5.41, 5.74) is 0.0917. The monoisotopic (exact) mass is 476 g/mol. The molecule has 1 aromatic heterocycles. The predicted octanol–water partition coefficient (Wildman–Crippen LogP) is 2.32. The number of amides is 2. The minimum Gasteiger partial charge on any atom is -0.485 e. The van der Waals surface area contributed by atoms with Gasteiger partial charge in [0.05, 0.1) is 5.39 Å². The summed E-state index contributed by atoms with van der Waals surface area (Å²) in [6, 6.07) is 14.4. The summed E-state index contributed by atoms with van der Waals surface area (Å²) in [6.07, 6.45) is 1.01. The van der Waals surface area contributed by atoms with Crippen LogP contribution < -0.4 is 15.0 Å². The summed E-state index contributed by atoms with van der Waals surface area (Å²) < 4.78 is 12.9. The number of unbranched alkanes of at least 4 members (excludes halogenated alkanes) is 1. The van der Waals surface area contributed by atoms with Crippen LogP contribution in [0.3, 0.4) is 0 Å². The van der Waals surface area contributed by atoms with Crippen molar-refractivity contribution >= 4 is 22.6 Å². The number of benzene rings is 2. The Kier molecular flexibility index (Phi) is 6.39. The maximum absolute atomic E-state index is 13.5. The Morgan fingerprint density at radius 3 is 2.34 bits per heavy atom. The SMILES string of the molecule is CCCCn1nc(C(=O)N2CCN(C(=O)[C@@H]3COc4ccccc4O3)CC2)c2ccccc2c1=O. The number of hydrogen-bond acceptors (Lipinski definition) is 6. The molecular formula is C26H28N4O5. The molecule has 182 valence electrons. The lowest BCUT2D eigenvalue weighted by molar-refractivity contribution is -0.142. The number of rotatable bonds is 5. The maximum atomic E-state index is 13.5. The molecule has 0 N–H and O–H groups in total. The topological polar surface area (TPSA) is 94.0 Å². The van der Waals surface area contributed by atoms with Crippen molar-refractivity contribution in [2.75, 3.05) is 32.8 Å². The number of carbonyl (C=O) groups is 2. The van der Waals surface area contributed by atoms with Gasteiger partial charge in [-0.3, -0.25) is 14.4 Å². The maximum Gasteiger partial charge on any atom is 0.275 e. The van der Waals surface area contributed by atoms with Crippen LogP contribution in [0.25, 0.3) is 10.8 Å². The lowest BCUT2D eigenvalue weighted by Gasteiger charge is -2.37. The molecule has 3 heterocycles. The largest absolute Gasteiger partial charge is 0.485 e. The van der Waals surface area contributed by atoms with E-state index in [2.05, 4.69) is 5.10 Å². The fraction of sp³-hybridized carbons (Fsp3) is 0.385. The lowest BCUT2D eigenvalue weighted by Crippen LogP contribution is -2.55. The van der Waals surface area contributed by atoms with Gasteiger partial charge in [0, 0.05) is 38.1 Å². The van der Waals surface area contributed by atoms with Gasteiger partial charge in [-0.05, 0) is 24.6 Å². The zero-order chi connectivity index (χ0) is 24.4. The molecule has 0 bridgehead atoms.